The van der Waals surface area contributed by atoms with Crippen molar-refractivity contribution in [3.05, 3.63) is 33.9 Å². The van der Waals surface area contributed by atoms with Crippen molar-refractivity contribution in [3.8, 4) is 6.07 Å². The summed E-state index contributed by atoms with van der Waals surface area (Å²) in [6.45, 7) is 2.93. The van der Waals surface area contributed by atoms with E-state index in [0.29, 0.717) is 17.3 Å². The second-order valence-electron chi connectivity index (χ2n) is 4.61. The predicted octanol–water partition coefficient (Wildman–Crippen LogP) is 2.85. The van der Waals surface area contributed by atoms with Crippen LogP contribution in [0.3, 0.4) is 0 Å². The molecule has 0 unspecified atom stereocenters. The number of nitro groups is 1. The molecule has 1 atom stereocenters. The second kappa shape index (κ2) is 5.05. The topological polar surface area (TPSA) is 70.2 Å². The Morgan fingerprint density at radius 2 is 2.28 bits per heavy atom. The summed E-state index contributed by atoms with van der Waals surface area (Å²) in [5.41, 5.74) is 0.990. The average molecular weight is 245 g/mol. The Balaban J connectivity index is 2.43. The van der Waals surface area contributed by atoms with E-state index in [4.69, 9.17) is 5.26 Å². The quantitative estimate of drug-likeness (QED) is 0.593. The van der Waals surface area contributed by atoms with Crippen LogP contribution in [0.15, 0.2) is 18.2 Å². The van der Waals surface area contributed by atoms with Crippen molar-refractivity contribution in [2.45, 2.75) is 32.2 Å². The smallest absolute Gasteiger partial charge is 0.293 e. The lowest BCUT2D eigenvalue weighted by atomic mass is 10.0. The Hall–Kier alpha value is -2.09. The van der Waals surface area contributed by atoms with E-state index in [1.54, 1.807) is 12.1 Å². The van der Waals surface area contributed by atoms with Crippen molar-refractivity contribution in [1.82, 2.24) is 0 Å². The molecule has 1 aromatic rings. The van der Waals surface area contributed by atoms with Gasteiger partial charge in [0, 0.05) is 18.7 Å². The molecule has 1 aliphatic heterocycles. The Morgan fingerprint density at radius 1 is 1.50 bits per heavy atom. The fourth-order valence-electron chi connectivity index (χ4n) is 2.44. The third kappa shape index (κ3) is 2.28. The van der Waals surface area contributed by atoms with Crippen LogP contribution in [0, 0.1) is 21.4 Å². The van der Waals surface area contributed by atoms with Gasteiger partial charge < -0.3 is 4.90 Å². The van der Waals surface area contributed by atoms with Crippen LogP contribution in [-0.4, -0.2) is 17.5 Å². The van der Waals surface area contributed by atoms with Crippen LogP contribution in [0.4, 0.5) is 11.4 Å². The highest BCUT2D eigenvalue weighted by Gasteiger charge is 2.25. The third-order valence-corrected chi connectivity index (χ3v) is 3.41. The van der Waals surface area contributed by atoms with E-state index in [9.17, 15) is 10.1 Å². The van der Waals surface area contributed by atoms with Gasteiger partial charge in [0.1, 0.15) is 5.69 Å². The second-order valence-corrected chi connectivity index (χ2v) is 4.61. The van der Waals surface area contributed by atoms with Gasteiger partial charge in [0.2, 0.25) is 0 Å². The van der Waals surface area contributed by atoms with E-state index >= 15 is 0 Å². The summed E-state index contributed by atoms with van der Waals surface area (Å²) in [5.74, 6) is 0. The molecule has 5 heteroatoms. The first-order valence-electron chi connectivity index (χ1n) is 6.08. The zero-order chi connectivity index (χ0) is 13.1. The molecule has 94 valence electrons. The molecule has 1 saturated heterocycles. The molecule has 1 aliphatic rings. The SMILES string of the molecule is C[C@H]1CCCCN1c1ccc(C#N)cc1[N+](=O)[O-]. The summed E-state index contributed by atoms with van der Waals surface area (Å²) in [5, 5.41) is 19.9. The minimum absolute atomic E-state index is 0.0304. The molecule has 0 radical (unpaired) electrons. The van der Waals surface area contributed by atoms with E-state index in [1.165, 1.54) is 12.5 Å². The van der Waals surface area contributed by atoms with E-state index in [1.807, 2.05) is 6.07 Å². The molecule has 5 nitrogen and oxygen atoms in total. The molecule has 0 aliphatic carbocycles. The summed E-state index contributed by atoms with van der Waals surface area (Å²) >= 11 is 0. The first-order valence-corrected chi connectivity index (χ1v) is 6.08. The molecule has 2 rings (SSSR count). The first-order chi connectivity index (χ1) is 8.63. The molecule has 0 aromatic heterocycles. The summed E-state index contributed by atoms with van der Waals surface area (Å²) in [4.78, 5) is 12.8. The van der Waals surface area contributed by atoms with Crippen LogP contribution >= 0.6 is 0 Å². The van der Waals surface area contributed by atoms with E-state index in [2.05, 4.69) is 11.8 Å². The minimum Gasteiger partial charge on any atom is -0.363 e. The lowest BCUT2D eigenvalue weighted by Gasteiger charge is -2.34. The molecule has 0 N–H and O–H groups in total. The highest BCUT2D eigenvalue weighted by atomic mass is 16.6. The van der Waals surface area contributed by atoms with Crippen LogP contribution in [0.1, 0.15) is 31.7 Å². The van der Waals surface area contributed by atoms with Gasteiger partial charge in [-0.1, -0.05) is 0 Å². The lowest BCUT2D eigenvalue weighted by Crippen LogP contribution is -2.37. The van der Waals surface area contributed by atoms with E-state index in [-0.39, 0.29) is 5.69 Å². The zero-order valence-electron chi connectivity index (χ0n) is 10.3. The number of hydrogen-bond donors (Lipinski definition) is 0. The lowest BCUT2D eigenvalue weighted by molar-refractivity contribution is -0.384. The summed E-state index contributed by atoms with van der Waals surface area (Å²) in [6.07, 6.45) is 3.28. The molecule has 0 saturated carbocycles. The first kappa shape index (κ1) is 12.4. The average Bonchev–Trinajstić information content (AvgIpc) is 2.38. The maximum atomic E-state index is 11.1. The minimum atomic E-state index is -0.405. The summed E-state index contributed by atoms with van der Waals surface area (Å²) in [6, 6.07) is 6.94. The van der Waals surface area contributed by atoms with Gasteiger partial charge in [-0.05, 0) is 38.3 Å². The fraction of sp³-hybridized carbons (Fsp3) is 0.462. The van der Waals surface area contributed by atoms with Crippen molar-refractivity contribution >= 4 is 11.4 Å². The Morgan fingerprint density at radius 3 is 2.89 bits per heavy atom. The van der Waals surface area contributed by atoms with Crippen LogP contribution in [0.25, 0.3) is 0 Å². The number of hydrogen-bond acceptors (Lipinski definition) is 4. The highest BCUT2D eigenvalue weighted by Crippen LogP contribution is 2.33. The monoisotopic (exact) mass is 245 g/mol. The van der Waals surface area contributed by atoms with E-state index in [0.717, 1.165) is 19.4 Å². The fourth-order valence-corrected chi connectivity index (χ4v) is 2.44. The Labute approximate surface area is 106 Å². The van der Waals surface area contributed by atoms with Crippen LogP contribution in [0.2, 0.25) is 0 Å². The zero-order valence-corrected chi connectivity index (χ0v) is 10.3. The van der Waals surface area contributed by atoms with Crippen molar-refractivity contribution in [1.29, 1.82) is 5.26 Å². The molecule has 1 fully saturated rings. The number of benzene rings is 1. The van der Waals surface area contributed by atoms with Gasteiger partial charge in [0.15, 0.2) is 0 Å². The number of rotatable bonds is 2. The van der Waals surface area contributed by atoms with Crippen LogP contribution < -0.4 is 4.90 Å². The van der Waals surface area contributed by atoms with E-state index < -0.39 is 4.92 Å². The van der Waals surface area contributed by atoms with Gasteiger partial charge >= 0.3 is 0 Å². The van der Waals surface area contributed by atoms with Crippen molar-refractivity contribution in [2.24, 2.45) is 0 Å². The van der Waals surface area contributed by atoms with Gasteiger partial charge in [-0.15, -0.1) is 0 Å². The van der Waals surface area contributed by atoms with Crippen LogP contribution in [-0.2, 0) is 0 Å². The third-order valence-electron chi connectivity index (χ3n) is 3.41. The number of anilines is 1. The largest absolute Gasteiger partial charge is 0.363 e. The normalized spacial score (nSPS) is 19.3. The Bertz CT molecular complexity index is 507. The van der Waals surface area contributed by atoms with Gasteiger partial charge in [-0.3, -0.25) is 10.1 Å². The molecular formula is C13H15N3O2. The number of nitriles is 1. The number of nitrogens with zero attached hydrogens (tertiary/aromatic N) is 3. The molecule has 1 heterocycles. The van der Waals surface area contributed by atoms with Crippen LogP contribution in [0.5, 0.6) is 0 Å². The molecule has 1 aromatic carbocycles. The van der Waals surface area contributed by atoms with Gasteiger partial charge in [-0.25, -0.2) is 0 Å². The number of nitro benzene ring substituents is 1. The van der Waals surface area contributed by atoms with Crippen molar-refractivity contribution < 1.29 is 4.92 Å². The van der Waals surface area contributed by atoms with Crippen molar-refractivity contribution in [3.63, 3.8) is 0 Å². The predicted molar refractivity (Wildman–Crippen MR) is 68.5 cm³/mol. The molecule has 0 spiro atoms. The standard InChI is InChI=1S/C13H15N3O2/c1-10-4-2-3-7-15(10)12-6-5-11(9-14)8-13(12)16(17)18/h5-6,8,10H,2-4,7H2,1H3/t10-/m0/s1. The number of piperidine rings is 1. The van der Waals surface area contributed by atoms with Crippen molar-refractivity contribution in [2.75, 3.05) is 11.4 Å². The van der Waals surface area contributed by atoms with Gasteiger partial charge in [0.05, 0.1) is 16.6 Å². The Kier molecular flexibility index (Phi) is 3.47. The van der Waals surface area contributed by atoms with Gasteiger partial charge in [0.25, 0.3) is 5.69 Å². The highest BCUT2D eigenvalue weighted by molar-refractivity contribution is 5.66. The summed E-state index contributed by atoms with van der Waals surface area (Å²) < 4.78 is 0. The summed E-state index contributed by atoms with van der Waals surface area (Å²) in [7, 11) is 0. The maximum Gasteiger partial charge on any atom is 0.293 e. The molecule has 0 bridgehead atoms. The molecule has 0 amide bonds. The van der Waals surface area contributed by atoms with Gasteiger partial charge in [-0.2, -0.15) is 5.26 Å². The molecular weight excluding hydrogens is 230 g/mol. The maximum absolute atomic E-state index is 11.1. The molecule has 18 heavy (non-hydrogen) atoms.